The topological polar surface area (TPSA) is 75.5 Å². The first-order chi connectivity index (χ1) is 15.9. The monoisotopic (exact) mass is 488 g/mol. The van der Waals surface area contributed by atoms with Gasteiger partial charge in [-0.1, -0.05) is 23.2 Å². The predicted octanol–water partition coefficient (Wildman–Crippen LogP) is 4.31. The van der Waals surface area contributed by atoms with Crippen LogP contribution in [0.4, 0.5) is 10.5 Å². The van der Waals surface area contributed by atoms with Gasteiger partial charge in [-0.25, -0.2) is 14.5 Å². The minimum absolute atomic E-state index is 0.113. The van der Waals surface area contributed by atoms with E-state index in [0.29, 0.717) is 42.1 Å². The van der Waals surface area contributed by atoms with Crippen molar-refractivity contribution in [3.63, 3.8) is 0 Å². The fourth-order valence-electron chi connectivity index (χ4n) is 3.75. The Hall–Kier alpha value is -2.97. The second-order valence-corrected chi connectivity index (χ2v) is 8.53. The number of aromatic nitrogens is 3. The first-order valence-corrected chi connectivity index (χ1v) is 11.6. The van der Waals surface area contributed by atoms with Crippen molar-refractivity contribution < 1.29 is 9.53 Å². The van der Waals surface area contributed by atoms with Crippen LogP contribution in [0.3, 0.4) is 0 Å². The summed E-state index contributed by atoms with van der Waals surface area (Å²) in [6.45, 7) is 7.36. The van der Waals surface area contributed by atoms with Gasteiger partial charge in [-0.15, -0.1) is 0 Å². The molecule has 1 N–H and O–H groups in total. The Labute approximate surface area is 203 Å². The van der Waals surface area contributed by atoms with E-state index in [9.17, 15) is 4.79 Å². The Bertz CT molecular complexity index is 1130. The van der Waals surface area contributed by atoms with Gasteiger partial charge in [-0.2, -0.15) is 5.10 Å². The summed E-state index contributed by atoms with van der Waals surface area (Å²) in [4.78, 5) is 20.9. The van der Waals surface area contributed by atoms with Gasteiger partial charge in [0, 0.05) is 54.5 Å². The van der Waals surface area contributed by atoms with Crippen molar-refractivity contribution in [3.8, 4) is 11.4 Å². The normalized spacial score (nSPS) is 13.8. The largest absolute Gasteiger partial charge is 0.492 e. The average Bonchev–Trinajstić information content (AvgIpc) is 3.25. The molecule has 174 valence electrons. The van der Waals surface area contributed by atoms with E-state index in [0.717, 1.165) is 35.8 Å². The van der Waals surface area contributed by atoms with E-state index in [1.165, 1.54) is 0 Å². The van der Waals surface area contributed by atoms with Gasteiger partial charge in [0.05, 0.1) is 6.61 Å². The first-order valence-electron chi connectivity index (χ1n) is 10.8. The van der Waals surface area contributed by atoms with Crippen LogP contribution in [-0.4, -0.2) is 58.5 Å². The summed E-state index contributed by atoms with van der Waals surface area (Å²) in [5.41, 5.74) is 2.69. The number of carbonyl (C=O) groups is 1. The maximum atomic E-state index is 12.6. The summed E-state index contributed by atoms with van der Waals surface area (Å²) in [5.74, 6) is 1.45. The van der Waals surface area contributed by atoms with E-state index in [4.69, 9.17) is 27.9 Å². The molecule has 2 amide bonds. The van der Waals surface area contributed by atoms with Crippen molar-refractivity contribution in [1.82, 2.24) is 25.0 Å². The zero-order chi connectivity index (χ0) is 23.4. The minimum atomic E-state index is -0.113. The van der Waals surface area contributed by atoms with Crippen molar-refractivity contribution in [1.29, 1.82) is 0 Å². The quantitative estimate of drug-likeness (QED) is 0.559. The van der Waals surface area contributed by atoms with Crippen LogP contribution in [-0.2, 0) is 6.54 Å². The molecule has 33 heavy (non-hydrogen) atoms. The fraction of sp³-hybridized carbons (Fsp3) is 0.348. The summed E-state index contributed by atoms with van der Waals surface area (Å²) in [6, 6.07) is 11.2. The molecule has 2 aromatic carbocycles. The molecule has 1 fully saturated rings. The van der Waals surface area contributed by atoms with Crippen molar-refractivity contribution in [2.75, 3.05) is 37.7 Å². The van der Waals surface area contributed by atoms with Gasteiger partial charge in [-0.3, -0.25) is 0 Å². The molecule has 0 bridgehead atoms. The van der Waals surface area contributed by atoms with E-state index in [1.54, 1.807) is 29.2 Å². The summed E-state index contributed by atoms with van der Waals surface area (Å²) >= 11 is 12.2. The molecule has 0 aliphatic carbocycles. The minimum Gasteiger partial charge on any atom is -0.492 e. The molecule has 1 aromatic heterocycles. The molecule has 10 heteroatoms. The van der Waals surface area contributed by atoms with Crippen LogP contribution in [0, 0.1) is 6.92 Å². The van der Waals surface area contributed by atoms with Crippen molar-refractivity contribution in [3.05, 3.63) is 64.2 Å². The van der Waals surface area contributed by atoms with Crippen molar-refractivity contribution in [2.45, 2.75) is 20.4 Å². The van der Waals surface area contributed by atoms with E-state index >= 15 is 0 Å². The Morgan fingerprint density at radius 3 is 2.61 bits per heavy atom. The van der Waals surface area contributed by atoms with Crippen LogP contribution in [0.25, 0.3) is 5.69 Å². The molecule has 2 heterocycles. The van der Waals surface area contributed by atoms with Gasteiger partial charge in [0.2, 0.25) is 0 Å². The van der Waals surface area contributed by atoms with E-state index < -0.39 is 0 Å². The maximum Gasteiger partial charge on any atom is 0.317 e. The van der Waals surface area contributed by atoms with Crippen molar-refractivity contribution in [2.24, 2.45) is 0 Å². The van der Waals surface area contributed by atoms with Crippen LogP contribution in [0.5, 0.6) is 5.75 Å². The summed E-state index contributed by atoms with van der Waals surface area (Å²) in [6.07, 6.45) is 1.68. The van der Waals surface area contributed by atoms with Crippen LogP contribution in [0.15, 0.2) is 42.7 Å². The highest BCUT2D eigenvalue weighted by Gasteiger charge is 2.22. The molecule has 0 radical (unpaired) electrons. The highest BCUT2D eigenvalue weighted by molar-refractivity contribution is 6.33. The van der Waals surface area contributed by atoms with E-state index in [2.05, 4.69) is 20.3 Å². The fourth-order valence-corrected chi connectivity index (χ4v) is 4.13. The third-order valence-corrected chi connectivity index (χ3v) is 6.07. The number of aryl methyl sites for hydroxylation is 1. The first kappa shape index (κ1) is 23.2. The zero-order valence-electron chi connectivity index (χ0n) is 18.6. The number of urea groups is 1. The second kappa shape index (κ2) is 10.3. The van der Waals surface area contributed by atoms with Gasteiger partial charge >= 0.3 is 6.03 Å². The highest BCUT2D eigenvalue weighted by atomic mass is 35.5. The van der Waals surface area contributed by atoms with Crippen LogP contribution < -0.4 is 15.0 Å². The van der Waals surface area contributed by atoms with Gasteiger partial charge < -0.3 is 19.9 Å². The van der Waals surface area contributed by atoms with Gasteiger partial charge in [0.1, 0.15) is 23.6 Å². The lowest BCUT2D eigenvalue weighted by atomic mass is 10.2. The van der Waals surface area contributed by atoms with Crippen LogP contribution in [0.2, 0.25) is 10.0 Å². The lowest BCUT2D eigenvalue weighted by Gasteiger charge is -2.36. The molecule has 0 atom stereocenters. The van der Waals surface area contributed by atoms with E-state index in [1.807, 2.05) is 36.9 Å². The Balaban J connectivity index is 1.37. The predicted molar refractivity (Wildman–Crippen MR) is 130 cm³/mol. The molecule has 4 rings (SSSR count). The molecule has 0 unspecified atom stereocenters. The number of hydrogen-bond donors (Lipinski definition) is 1. The van der Waals surface area contributed by atoms with Gasteiger partial charge in [0.25, 0.3) is 0 Å². The van der Waals surface area contributed by atoms with Crippen molar-refractivity contribution >= 4 is 34.9 Å². The number of halogens is 2. The van der Waals surface area contributed by atoms with Gasteiger partial charge in [-0.05, 0) is 49.7 Å². The number of benzene rings is 2. The van der Waals surface area contributed by atoms with E-state index in [-0.39, 0.29) is 6.03 Å². The zero-order valence-corrected chi connectivity index (χ0v) is 20.1. The maximum absolute atomic E-state index is 12.6. The number of hydrogen-bond acceptors (Lipinski definition) is 5. The molecular formula is C23H26Cl2N6O2. The molecule has 3 aromatic rings. The summed E-state index contributed by atoms with van der Waals surface area (Å²) < 4.78 is 7.59. The second-order valence-electron chi connectivity index (χ2n) is 7.69. The third kappa shape index (κ3) is 5.51. The number of rotatable bonds is 6. The standard InChI is InChI=1S/C23H26Cl2N6O2/c1-3-33-22-13-19(5-7-21(22)31-15-27-16(2)28-31)29-8-10-30(11-9-29)23(32)26-14-17-12-18(24)4-6-20(17)25/h4-7,12-13,15H,3,8-11,14H2,1-2H3,(H,26,32). The lowest BCUT2D eigenvalue weighted by molar-refractivity contribution is 0.194. The highest BCUT2D eigenvalue weighted by Crippen LogP contribution is 2.29. The Morgan fingerprint density at radius 2 is 1.91 bits per heavy atom. The number of amides is 2. The average molecular weight is 489 g/mol. The van der Waals surface area contributed by atoms with Crippen LogP contribution in [0.1, 0.15) is 18.3 Å². The molecule has 0 spiro atoms. The number of piperazine rings is 1. The number of ether oxygens (including phenoxy) is 1. The number of nitrogens with one attached hydrogen (secondary N) is 1. The smallest absolute Gasteiger partial charge is 0.317 e. The van der Waals surface area contributed by atoms with Crippen LogP contribution >= 0.6 is 23.2 Å². The summed E-state index contributed by atoms with van der Waals surface area (Å²) in [5, 5.41) is 8.50. The molecule has 1 aliphatic heterocycles. The molecular weight excluding hydrogens is 463 g/mol. The third-order valence-electron chi connectivity index (χ3n) is 5.47. The summed E-state index contributed by atoms with van der Waals surface area (Å²) in [7, 11) is 0. The number of carbonyl (C=O) groups excluding carboxylic acids is 1. The molecule has 1 aliphatic rings. The number of nitrogens with zero attached hydrogens (tertiary/aromatic N) is 5. The molecule has 0 saturated carbocycles. The molecule has 1 saturated heterocycles. The SMILES string of the molecule is CCOc1cc(N2CCN(C(=O)NCc3cc(Cl)ccc3Cl)CC2)ccc1-n1cnc(C)n1. The Morgan fingerprint density at radius 1 is 1.12 bits per heavy atom. The Kier molecular flexibility index (Phi) is 7.25. The lowest BCUT2D eigenvalue weighted by Crippen LogP contribution is -2.51. The molecule has 8 nitrogen and oxygen atoms in total. The number of anilines is 1. The van der Waals surface area contributed by atoms with Gasteiger partial charge in [0.15, 0.2) is 0 Å².